The fraction of sp³-hybridized carbons (Fsp3) is 0.500. The number of quaternary nitrogens is 1. The Labute approximate surface area is 147 Å². The number of likely N-dealkylation sites (tertiary alicyclic amines) is 1. The summed E-state index contributed by atoms with van der Waals surface area (Å²) in [7, 11) is 0. The number of hydrogen-bond acceptors (Lipinski definition) is 4. The number of piperidine rings is 1. The highest BCUT2D eigenvalue weighted by atomic mass is 16.5. The van der Waals surface area contributed by atoms with Gasteiger partial charge in [-0.3, -0.25) is 4.79 Å². The Kier molecular flexibility index (Phi) is 5.23. The van der Waals surface area contributed by atoms with Gasteiger partial charge in [0.05, 0.1) is 19.7 Å². The minimum absolute atomic E-state index is 0.0425. The fourth-order valence-corrected chi connectivity index (χ4v) is 3.67. The lowest BCUT2D eigenvalue weighted by molar-refractivity contribution is -0.921. The minimum Gasteiger partial charge on any atom is -0.466 e. The predicted octanol–water partition coefficient (Wildman–Crippen LogP) is 1.77. The molecular weight excluding hydrogens is 318 g/mol. The Hall–Kier alpha value is -2.14. The highest BCUT2D eigenvalue weighted by Crippen LogP contribution is 2.21. The van der Waals surface area contributed by atoms with Gasteiger partial charge in [0.25, 0.3) is 0 Å². The van der Waals surface area contributed by atoms with Crippen molar-refractivity contribution in [2.75, 3.05) is 19.7 Å². The second-order valence-electron chi connectivity index (χ2n) is 7.00. The van der Waals surface area contributed by atoms with Crippen molar-refractivity contribution in [2.24, 2.45) is 5.92 Å². The summed E-state index contributed by atoms with van der Waals surface area (Å²) >= 11 is 0. The molecule has 2 aromatic rings. The van der Waals surface area contributed by atoms with Crippen LogP contribution in [0.3, 0.4) is 0 Å². The highest BCUT2D eigenvalue weighted by molar-refractivity contribution is 5.81. The van der Waals surface area contributed by atoms with Crippen LogP contribution in [0.25, 0.3) is 11.0 Å². The van der Waals surface area contributed by atoms with E-state index >= 15 is 0 Å². The number of rotatable bonds is 4. The van der Waals surface area contributed by atoms with Crippen molar-refractivity contribution in [3.05, 3.63) is 45.3 Å². The van der Waals surface area contributed by atoms with Crippen LogP contribution >= 0.6 is 0 Å². The average molecular weight is 344 g/mol. The SMILES string of the molecule is CCOC(=O)[C@H]1CCC[NH+](Cc2cc(=O)oc3cc(C)c(C)cc23)C1. The molecular formula is C20H26NO4+. The van der Waals surface area contributed by atoms with Gasteiger partial charge in [0.2, 0.25) is 0 Å². The first kappa shape index (κ1) is 17.7. The van der Waals surface area contributed by atoms with Gasteiger partial charge < -0.3 is 14.1 Å². The lowest BCUT2D eigenvalue weighted by Gasteiger charge is -2.28. The summed E-state index contributed by atoms with van der Waals surface area (Å²) in [5.41, 5.74) is 3.61. The van der Waals surface area contributed by atoms with E-state index in [1.807, 2.05) is 19.9 Å². The van der Waals surface area contributed by atoms with E-state index in [2.05, 4.69) is 13.0 Å². The number of esters is 1. The number of ether oxygens (including phenoxy) is 1. The smallest absolute Gasteiger partial charge is 0.336 e. The van der Waals surface area contributed by atoms with Gasteiger partial charge in [0, 0.05) is 17.0 Å². The van der Waals surface area contributed by atoms with Crippen LogP contribution in [-0.4, -0.2) is 25.7 Å². The first-order chi connectivity index (χ1) is 12.0. The van der Waals surface area contributed by atoms with Gasteiger partial charge in [-0.2, -0.15) is 0 Å². The first-order valence-corrected chi connectivity index (χ1v) is 9.02. The van der Waals surface area contributed by atoms with Crippen LogP contribution in [0.1, 0.15) is 36.5 Å². The Morgan fingerprint density at radius 3 is 2.80 bits per heavy atom. The molecule has 1 aliphatic rings. The summed E-state index contributed by atoms with van der Waals surface area (Å²) in [6.07, 6.45) is 1.88. The molecule has 1 fully saturated rings. The molecule has 0 spiro atoms. The fourth-order valence-electron chi connectivity index (χ4n) is 3.67. The molecule has 134 valence electrons. The summed E-state index contributed by atoms with van der Waals surface area (Å²) in [4.78, 5) is 25.3. The van der Waals surface area contributed by atoms with E-state index in [1.54, 1.807) is 6.07 Å². The molecule has 1 N–H and O–H groups in total. The third-order valence-corrected chi connectivity index (χ3v) is 5.12. The van der Waals surface area contributed by atoms with Crippen LogP contribution in [0.2, 0.25) is 0 Å². The van der Waals surface area contributed by atoms with Crippen molar-refractivity contribution < 1.29 is 18.8 Å². The topological polar surface area (TPSA) is 61.0 Å². The highest BCUT2D eigenvalue weighted by Gasteiger charge is 2.30. The quantitative estimate of drug-likeness (QED) is 0.678. The number of carbonyl (C=O) groups is 1. The van der Waals surface area contributed by atoms with Crippen molar-refractivity contribution >= 4 is 16.9 Å². The van der Waals surface area contributed by atoms with E-state index in [4.69, 9.17) is 9.15 Å². The first-order valence-electron chi connectivity index (χ1n) is 9.02. The van der Waals surface area contributed by atoms with Crippen LogP contribution in [0.4, 0.5) is 0 Å². The van der Waals surface area contributed by atoms with E-state index in [0.717, 1.165) is 49.0 Å². The van der Waals surface area contributed by atoms with Crippen LogP contribution < -0.4 is 10.5 Å². The molecule has 2 heterocycles. The molecule has 1 saturated heterocycles. The van der Waals surface area contributed by atoms with Gasteiger partial charge in [0.15, 0.2) is 0 Å². The Morgan fingerprint density at radius 2 is 2.04 bits per heavy atom. The van der Waals surface area contributed by atoms with E-state index in [0.29, 0.717) is 12.2 Å². The zero-order valence-electron chi connectivity index (χ0n) is 15.2. The monoisotopic (exact) mass is 344 g/mol. The van der Waals surface area contributed by atoms with Gasteiger partial charge in [0.1, 0.15) is 18.0 Å². The number of nitrogens with one attached hydrogen (secondary N) is 1. The summed E-state index contributed by atoms with van der Waals surface area (Å²) in [6.45, 7) is 8.82. The van der Waals surface area contributed by atoms with Crippen LogP contribution in [0, 0.1) is 19.8 Å². The summed E-state index contributed by atoms with van der Waals surface area (Å²) in [5.74, 6) is -0.136. The third-order valence-electron chi connectivity index (χ3n) is 5.12. The van der Waals surface area contributed by atoms with Crippen molar-refractivity contribution in [1.82, 2.24) is 0 Å². The summed E-state index contributed by atoms with van der Waals surface area (Å²) < 4.78 is 10.6. The van der Waals surface area contributed by atoms with Crippen LogP contribution in [0.15, 0.2) is 27.4 Å². The number of carbonyl (C=O) groups excluding carboxylic acids is 1. The molecule has 1 aromatic carbocycles. The van der Waals surface area contributed by atoms with E-state index < -0.39 is 0 Å². The van der Waals surface area contributed by atoms with Gasteiger partial charge >= 0.3 is 11.6 Å². The maximum absolute atomic E-state index is 12.0. The second-order valence-corrected chi connectivity index (χ2v) is 7.00. The second kappa shape index (κ2) is 7.40. The Bertz CT molecular complexity index is 839. The molecule has 1 unspecified atom stereocenters. The molecule has 0 radical (unpaired) electrons. The summed E-state index contributed by atoms with van der Waals surface area (Å²) in [6, 6.07) is 5.62. The maximum Gasteiger partial charge on any atom is 0.336 e. The maximum atomic E-state index is 12.0. The molecule has 5 nitrogen and oxygen atoms in total. The zero-order valence-corrected chi connectivity index (χ0v) is 15.2. The largest absolute Gasteiger partial charge is 0.466 e. The van der Waals surface area contributed by atoms with Crippen molar-refractivity contribution in [3.63, 3.8) is 0 Å². The van der Waals surface area contributed by atoms with E-state index in [1.165, 1.54) is 10.5 Å². The molecule has 0 bridgehead atoms. The normalized spacial score (nSPS) is 20.6. The molecule has 3 rings (SSSR count). The number of hydrogen-bond donors (Lipinski definition) is 1. The number of benzene rings is 1. The lowest BCUT2D eigenvalue weighted by Crippen LogP contribution is -3.12. The molecule has 25 heavy (non-hydrogen) atoms. The van der Waals surface area contributed by atoms with E-state index in [-0.39, 0.29) is 17.5 Å². The molecule has 1 aliphatic heterocycles. The standard InChI is InChI=1S/C20H25NO4/c1-4-24-20(23)15-6-5-7-21(11-15)12-16-10-19(22)25-18-9-14(3)13(2)8-17(16)18/h8-10,15H,4-7,11-12H2,1-3H3/p+1/t15-/m0/s1. The zero-order chi connectivity index (χ0) is 18.0. The van der Waals surface area contributed by atoms with Gasteiger partial charge in [-0.25, -0.2) is 4.79 Å². The molecule has 0 amide bonds. The molecule has 1 aromatic heterocycles. The molecule has 5 heteroatoms. The lowest BCUT2D eigenvalue weighted by atomic mass is 9.97. The number of fused-ring (bicyclic) bond motifs is 1. The summed E-state index contributed by atoms with van der Waals surface area (Å²) in [5, 5.41) is 0.994. The number of aryl methyl sites for hydroxylation is 2. The Morgan fingerprint density at radius 1 is 1.28 bits per heavy atom. The van der Waals surface area contributed by atoms with Crippen LogP contribution in [0.5, 0.6) is 0 Å². The molecule has 0 aliphatic carbocycles. The van der Waals surface area contributed by atoms with Gasteiger partial charge in [-0.15, -0.1) is 0 Å². The molecule has 2 atom stereocenters. The predicted molar refractivity (Wildman–Crippen MR) is 95.7 cm³/mol. The van der Waals surface area contributed by atoms with Crippen LogP contribution in [-0.2, 0) is 16.1 Å². The Balaban J connectivity index is 1.86. The van der Waals surface area contributed by atoms with Crippen molar-refractivity contribution in [2.45, 2.75) is 40.2 Å². The van der Waals surface area contributed by atoms with E-state index in [9.17, 15) is 9.59 Å². The van der Waals surface area contributed by atoms with Crippen molar-refractivity contribution in [1.29, 1.82) is 0 Å². The van der Waals surface area contributed by atoms with Crippen molar-refractivity contribution in [3.8, 4) is 0 Å². The minimum atomic E-state index is -0.316. The third kappa shape index (κ3) is 3.93. The average Bonchev–Trinajstić information content (AvgIpc) is 2.57. The van der Waals surface area contributed by atoms with Gasteiger partial charge in [-0.1, -0.05) is 0 Å². The molecule has 0 saturated carbocycles. The van der Waals surface area contributed by atoms with Gasteiger partial charge in [-0.05, 0) is 56.9 Å².